The van der Waals surface area contributed by atoms with Crippen LogP contribution in [0.15, 0.2) is 155 Å². The Labute approximate surface area is 342 Å². The first-order valence-electron chi connectivity index (χ1n) is 20.4. The molecule has 7 aromatic carbocycles. The molecule has 0 spiro atoms. The molecular formula is C51H45B2NO2S. The minimum atomic E-state index is -0.0501. The molecule has 0 radical (unpaired) electrons. The van der Waals surface area contributed by atoms with Crippen LogP contribution in [0, 0.1) is 0 Å². The van der Waals surface area contributed by atoms with Crippen molar-refractivity contribution >= 4 is 75.0 Å². The summed E-state index contributed by atoms with van der Waals surface area (Å²) >= 11 is 1.85. The van der Waals surface area contributed by atoms with Crippen molar-refractivity contribution in [3.8, 4) is 23.0 Å². The number of rotatable bonds is 7. The van der Waals surface area contributed by atoms with Crippen LogP contribution in [0.4, 0.5) is 17.1 Å². The van der Waals surface area contributed by atoms with Crippen molar-refractivity contribution in [3.63, 3.8) is 0 Å². The van der Waals surface area contributed by atoms with Gasteiger partial charge >= 0.3 is 0 Å². The van der Waals surface area contributed by atoms with Gasteiger partial charge in [-0.3, -0.25) is 0 Å². The number of anilines is 3. The molecule has 3 heterocycles. The summed E-state index contributed by atoms with van der Waals surface area (Å²) in [5.41, 5.74) is 15.0. The normalized spacial score (nSPS) is 13.4. The lowest BCUT2D eigenvalue weighted by Gasteiger charge is -2.36. The largest absolute Gasteiger partial charge is 0.458 e. The molecule has 3 aliphatic heterocycles. The van der Waals surface area contributed by atoms with Crippen LogP contribution < -0.4 is 47.2 Å². The van der Waals surface area contributed by atoms with E-state index in [2.05, 4.69) is 192 Å². The van der Waals surface area contributed by atoms with Crippen LogP contribution in [0.1, 0.15) is 76.0 Å². The highest BCUT2D eigenvalue weighted by Crippen LogP contribution is 2.41. The smallest absolute Gasteiger partial charge is 0.253 e. The average Bonchev–Trinajstić information content (AvgIpc) is 3.22. The van der Waals surface area contributed by atoms with E-state index < -0.39 is 0 Å². The Hall–Kier alpha value is -5.58. The van der Waals surface area contributed by atoms with E-state index in [9.17, 15) is 0 Å². The van der Waals surface area contributed by atoms with Gasteiger partial charge in [-0.25, -0.2) is 0 Å². The first kappa shape index (κ1) is 35.8. The second kappa shape index (κ2) is 14.1. The molecule has 0 bridgehead atoms. The summed E-state index contributed by atoms with van der Waals surface area (Å²) in [7, 11) is 0. The molecule has 0 unspecified atom stereocenters. The highest BCUT2D eigenvalue weighted by Gasteiger charge is 2.43. The van der Waals surface area contributed by atoms with Gasteiger partial charge in [-0.15, -0.1) is 0 Å². The van der Waals surface area contributed by atoms with Gasteiger partial charge in [0, 0.05) is 39.0 Å². The van der Waals surface area contributed by atoms with Gasteiger partial charge in [-0.1, -0.05) is 149 Å². The fourth-order valence-corrected chi connectivity index (χ4v) is 10.4. The molecule has 0 fully saturated rings. The van der Waals surface area contributed by atoms with Crippen LogP contribution in [-0.4, -0.2) is 13.4 Å². The lowest BCUT2D eigenvalue weighted by atomic mass is 9.31. The minimum absolute atomic E-state index is 0.0501. The van der Waals surface area contributed by atoms with Crippen LogP contribution in [0.2, 0.25) is 0 Å². The van der Waals surface area contributed by atoms with Gasteiger partial charge in [0.25, 0.3) is 13.4 Å². The topological polar surface area (TPSA) is 21.7 Å². The lowest BCUT2D eigenvalue weighted by Crippen LogP contribution is -2.61. The van der Waals surface area contributed by atoms with Gasteiger partial charge < -0.3 is 14.4 Å². The number of benzene rings is 7. The van der Waals surface area contributed by atoms with Gasteiger partial charge in [0.15, 0.2) is 0 Å². The number of hydrogen-bond acceptors (Lipinski definition) is 4. The molecule has 0 aliphatic carbocycles. The Morgan fingerprint density at radius 1 is 0.421 bits per heavy atom. The Bertz CT molecular complexity index is 2610. The molecule has 3 aliphatic rings. The third kappa shape index (κ3) is 6.00. The second-order valence-electron chi connectivity index (χ2n) is 16.6. The van der Waals surface area contributed by atoms with E-state index in [1.807, 2.05) is 11.8 Å². The summed E-state index contributed by atoms with van der Waals surface area (Å²) < 4.78 is 14.1. The zero-order valence-corrected chi connectivity index (χ0v) is 34.2. The van der Waals surface area contributed by atoms with Crippen molar-refractivity contribution in [2.24, 2.45) is 0 Å². The predicted octanol–water partition coefficient (Wildman–Crippen LogP) is 10.2. The van der Waals surface area contributed by atoms with E-state index in [1.54, 1.807) is 0 Å². The summed E-state index contributed by atoms with van der Waals surface area (Å²) in [4.78, 5) is 4.88. The van der Waals surface area contributed by atoms with Gasteiger partial charge in [-0.2, -0.15) is 0 Å². The standard InChI is InChI=1S/C51H45B2NO2S/c1-31(2)34-26-38(32(3)4)50(39(27-34)33(5)6)52-40-25-24-37(54(35-16-9-7-10-17-35)36-18-11-8-12-19-36)28-45(40)56-47-30-46-43(29-42(47)52)53-41-20-13-14-22-48(41)57-49-23-15-21-44(55-46)51(49)53/h7-33H,1-6H3. The summed E-state index contributed by atoms with van der Waals surface area (Å²) in [5.74, 6) is 4.60. The maximum absolute atomic E-state index is 7.17. The van der Waals surface area contributed by atoms with Gasteiger partial charge in [0.1, 0.15) is 23.0 Å². The third-order valence-electron chi connectivity index (χ3n) is 12.0. The number of nitrogens with zero attached hydrogens (tertiary/aromatic N) is 1. The number of para-hydroxylation sites is 2. The average molecular weight is 758 g/mol. The predicted molar refractivity (Wildman–Crippen MR) is 243 cm³/mol. The van der Waals surface area contributed by atoms with Crippen molar-refractivity contribution in [2.75, 3.05) is 4.90 Å². The molecule has 0 atom stereocenters. The van der Waals surface area contributed by atoms with Crippen LogP contribution in [0.25, 0.3) is 0 Å². The van der Waals surface area contributed by atoms with Crippen molar-refractivity contribution < 1.29 is 9.47 Å². The molecule has 0 saturated carbocycles. The number of hydrogen-bond donors (Lipinski definition) is 0. The van der Waals surface area contributed by atoms with E-state index in [4.69, 9.17) is 9.47 Å². The van der Waals surface area contributed by atoms with E-state index in [1.165, 1.54) is 59.3 Å². The number of fused-ring (bicyclic) bond motifs is 6. The Morgan fingerprint density at radius 2 is 0.982 bits per heavy atom. The third-order valence-corrected chi connectivity index (χ3v) is 13.2. The van der Waals surface area contributed by atoms with Crippen LogP contribution in [-0.2, 0) is 0 Å². The van der Waals surface area contributed by atoms with Crippen molar-refractivity contribution in [2.45, 2.75) is 69.1 Å². The minimum Gasteiger partial charge on any atom is -0.458 e. The molecule has 6 heteroatoms. The molecule has 10 rings (SSSR count). The van der Waals surface area contributed by atoms with E-state index >= 15 is 0 Å². The fraction of sp³-hybridized carbons (Fsp3) is 0.176. The molecule has 0 saturated heterocycles. The van der Waals surface area contributed by atoms with Crippen molar-refractivity contribution in [3.05, 3.63) is 162 Å². The Morgan fingerprint density at radius 3 is 1.61 bits per heavy atom. The first-order chi connectivity index (χ1) is 27.7. The Balaban J connectivity index is 1.23. The summed E-state index contributed by atoms with van der Waals surface area (Å²) in [5, 5.41) is 0. The van der Waals surface area contributed by atoms with Crippen molar-refractivity contribution in [1.29, 1.82) is 0 Å². The summed E-state index contributed by atoms with van der Waals surface area (Å²) in [6, 6.07) is 53.0. The van der Waals surface area contributed by atoms with Gasteiger partial charge in [0.2, 0.25) is 0 Å². The zero-order chi connectivity index (χ0) is 38.9. The molecule has 0 N–H and O–H groups in total. The molecule has 0 amide bonds. The highest BCUT2D eigenvalue weighted by molar-refractivity contribution is 8.00. The molecule has 57 heavy (non-hydrogen) atoms. The van der Waals surface area contributed by atoms with Crippen LogP contribution in [0.5, 0.6) is 23.0 Å². The number of ether oxygens (including phenoxy) is 2. The molecule has 7 aromatic rings. The van der Waals surface area contributed by atoms with Crippen molar-refractivity contribution in [1.82, 2.24) is 0 Å². The van der Waals surface area contributed by atoms with Gasteiger partial charge in [0.05, 0.1) is 0 Å². The monoisotopic (exact) mass is 757 g/mol. The summed E-state index contributed by atoms with van der Waals surface area (Å²) in [6.07, 6.45) is 0. The highest BCUT2D eigenvalue weighted by atomic mass is 32.2. The lowest BCUT2D eigenvalue weighted by molar-refractivity contribution is 0.465. The molecular weight excluding hydrogens is 712 g/mol. The van der Waals surface area contributed by atoms with Crippen LogP contribution >= 0.6 is 11.8 Å². The van der Waals surface area contributed by atoms with E-state index in [-0.39, 0.29) is 13.4 Å². The van der Waals surface area contributed by atoms with Gasteiger partial charge in [-0.05, 0) is 105 Å². The molecule has 3 nitrogen and oxygen atoms in total. The fourth-order valence-electron chi connectivity index (χ4n) is 9.27. The summed E-state index contributed by atoms with van der Waals surface area (Å²) in [6.45, 7) is 14.0. The maximum atomic E-state index is 7.17. The zero-order valence-electron chi connectivity index (χ0n) is 33.4. The Kier molecular flexibility index (Phi) is 8.86. The quantitative estimate of drug-likeness (QED) is 0.151. The maximum Gasteiger partial charge on any atom is 0.253 e. The van der Waals surface area contributed by atoms with Crippen LogP contribution in [0.3, 0.4) is 0 Å². The first-order valence-corrected chi connectivity index (χ1v) is 21.2. The molecule has 0 aromatic heterocycles. The van der Waals surface area contributed by atoms with E-state index in [0.717, 1.165) is 40.1 Å². The van der Waals surface area contributed by atoms with E-state index in [0.29, 0.717) is 17.8 Å². The second-order valence-corrected chi connectivity index (χ2v) is 17.7. The SMILES string of the molecule is CC(C)c1cc(C(C)C)c(B2c3ccc(N(c4ccccc4)c4ccccc4)cc3Oc3cc4c(cc32)B2c3ccccc3Sc3cccc(c32)O4)c(C(C)C)c1. The molecule has 278 valence electrons.